The van der Waals surface area contributed by atoms with Crippen molar-refractivity contribution >= 4 is 5.69 Å². The molecule has 1 N–H and O–H groups in total. The number of nitrogens with zero attached hydrogens (tertiary/aromatic N) is 1. The minimum Gasteiger partial charge on any atom is -0.367 e. The van der Waals surface area contributed by atoms with Crippen molar-refractivity contribution < 1.29 is 4.39 Å². The van der Waals surface area contributed by atoms with Gasteiger partial charge in [-0.2, -0.15) is 0 Å². The van der Waals surface area contributed by atoms with Gasteiger partial charge in [0.1, 0.15) is 5.82 Å². The number of piperidine rings is 1. The van der Waals surface area contributed by atoms with Gasteiger partial charge in [-0.25, -0.2) is 4.39 Å². The summed E-state index contributed by atoms with van der Waals surface area (Å²) in [5.41, 5.74) is 2.89. The summed E-state index contributed by atoms with van der Waals surface area (Å²) in [5.74, 6) is 3.77. The Morgan fingerprint density at radius 2 is 1.64 bits per heavy atom. The average Bonchev–Trinajstić information content (AvgIpc) is 2.88. The van der Waals surface area contributed by atoms with E-state index in [2.05, 4.69) is 16.3 Å². The van der Waals surface area contributed by atoms with E-state index in [-0.39, 0.29) is 11.2 Å². The highest BCUT2D eigenvalue weighted by Gasteiger charge is 2.54. The molecule has 2 nitrogen and oxygen atoms in total. The maximum atomic E-state index is 14.1. The van der Waals surface area contributed by atoms with Gasteiger partial charge in [0, 0.05) is 23.7 Å². The van der Waals surface area contributed by atoms with Gasteiger partial charge in [-0.15, -0.1) is 0 Å². The number of hydrogen-bond acceptors (Lipinski definition) is 2. The van der Waals surface area contributed by atoms with Gasteiger partial charge in [-0.05, 0) is 105 Å². The third-order valence-corrected chi connectivity index (χ3v) is 8.41. The predicted octanol–water partition coefficient (Wildman–Crippen LogP) is 4.09. The average molecular weight is 340 g/mol. The minimum absolute atomic E-state index is 0.0522. The van der Waals surface area contributed by atoms with Crippen LogP contribution >= 0.6 is 0 Å². The van der Waals surface area contributed by atoms with E-state index < -0.39 is 0 Å². The Hall–Kier alpha value is -1.09. The Bertz CT molecular complexity index is 665. The van der Waals surface area contributed by atoms with Crippen molar-refractivity contribution in [1.82, 2.24) is 5.32 Å². The highest BCUT2D eigenvalue weighted by molar-refractivity contribution is 5.64. The third-order valence-electron chi connectivity index (χ3n) is 8.41. The number of anilines is 1. The van der Waals surface area contributed by atoms with E-state index in [1.54, 1.807) is 6.07 Å². The normalized spacial score (nSPS) is 40.7. The minimum atomic E-state index is -0.0522. The molecule has 0 amide bonds. The molecule has 0 atom stereocenters. The zero-order valence-electron chi connectivity index (χ0n) is 15.0. The third kappa shape index (κ3) is 2.11. The standard InChI is InChI=1S/C22H29FN2/c23-18-1-2-20-19(12-18)22(3-5-24-6-4-22)13-25(20)21-16-8-14-7-15(10-16)11-17(21)9-14/h1-2,12,14-17,21,24H,3-11,13H2. The summed E-state index contributed by atoms with van der Waals surface area (Å²) >= 11 is 0. The lowest BCUT2D eigenvalue weighted by Gasteiger charge is -2.57. The molecule has 3 heteroatoms. The van der Waals surface area contributed by atoms with Gasteiger partial charge >= 0.3 is 0 Å². The summed E-state index contributed by atoms with van der Waals surface area (Å²) in [7, 11) is 0. The maximum Gasteiger partial charge on any atom is 0.123 e. The second-order valence-corrected chi connectivity index (χ2v) is 9.74. The maximum absolute atomic E-state index is 14.1. The summed E-state index contributed by atoms with van der Waals surface area (Å²) in [6.07, 6.45) is 9.66. The van der Waals surface area contributed by atoms with Crippen LogP contribution in [0.1, 0.15) is 50.5 Å². The lowest BCUT2D eigenvalue weighted by Crippen LogP contribution is -2.57. The van der Waals surface area contributed by atoms with Crippen molar-refractivity contribution in [1.29, 1.82) is 0 Å². The Balaban J connectivity index is 1.41. The number of nitrogens with one attached hydrogen (secondary N) is 1. The molecule has 0 radical (unpaired) electrons. The van der Waals surface area contributed by atoms with Gasteiger partial charge in [0.05, 0.1) is 0 Å². The molecule has 2 heterocycles. The summed E-state index contributed by atoms with van der Waals surface area (Å²) in [4.78, 5) is 2.77. The highest BCUT2D eigenvalue weighted by atomic mass is 19.1. The molecule has 134 valence electrons. The second kappa shape index (κ2) is 5.22. The first-order valence-electron chi connectivity index (χ1n) is 10.5. The topological polar surface area (TPSA) is 15.3 Å². The number of halogens is 1. The van der Waals surface area contributed by atoms with Gasteiger partial charge in [0.2, 0.25) is 0 Å². The Labute approximate surface area is 150 Å². The van der Waals surface area contributed by atoms with E-state index in [4.69, 9.17) is 0 Å². The van der Waals surface area contributed by atoms with Crippen LogP contribution in [0.25, 0.3) is 0 Å². The molecule has 0 unspecified atom stereocenters. The van der Waals surface area contributed by atoms with E-state index in [0.717, 1.165) is 62.2 Å². The number of hydrogen-bond donors (Lipinski definition) is 1. The van der Waals surface area contributed by atoms with Crippen molar-refractivity contribution in [2.75, 3.05) is 24.5 Å². The molecule has 4 aliphatic carbocycles. The van der Waals surface area contributed by atoms with Crippen LogP contribution in [0.5, 0.6) is 0 Å². The molecule has 4 saturated carbocycles. The molecule has 5 fully saturated rings. The molecule has 0 aromatic heterocycles. The van der Waals surface area contributed by atoms with Gasteiger partial charge in [0.25, 0.3) is 0 Å². The van der Waals surface area contributed by atoms with Crippen LogP contribution < -0.4 is 10.2 Å². The number of rotatable bonds is 1. The lowest BCUT2D eigenvalue weighted by molar-refractivity contribution is -0.00335. The van der Waals surface area contributed by atoms with Crippen LogP contribution in [-0.2, 0) is 5.41 Å². The van der Waals surface area contributed by atoms with Crippen LogP contribution in [0.15, 0.2) is 18.2 Å². The zero-order valence-corrected chi connectivity index (χ0v) is 15.0. The van der Waals surface area contributed by atoms with Crippen molar-refractivity contribution in [3.8, 4) is 0 Å². The fourth-order valence-electron chi connectivity index (χ4n) is 7.68. The molecule has 6 aliphatic rings. The molecule has 7 rings (SSSR count). The number of benzene rings is 1. The van der Waals surface area contributed by atoms with Crippen LogP contribution in [-0.4, -0.2) is 25.7 Å². The van der Waals surface area contributed by atoms with Crippen LogP contribution in [0, 0.1) is 29.5 Å². The Morgan fingerprint density at radius 1 is 0.960 bits per heavy atom. The van der Waals surface area contributed by atoms with Crippen molar-refractivity contribution in [2.45, 2.75) is 56.4 Å². The first-order valence-corrected chi connectivity index (χ1v) is 10.5. The molecule has 25 heavy (non-hydrogen) atoms. The van der Waals surface area contributed by atoms with Gasteiger partial charge in [-0.1, -0.05) is 0 Å². The first kappa shape index (κ1) is 15.0. The second-order valence-electron chi connectivity index (χ2n) is 9.74. The van der Waals surface area contributed by atoms with E-state index in [1.165, 1.54) is 43.4 Å². The smallest absolute Gasteiger partial charge is 0.123 e. The molecular formula is C22H29FN2. The van der Waals surface area contributed by atoms with Crippen molar-refractivity contribution in [3.05, 3.63) is 29.6 Å². The molecular weight excluding hydrogens is 311 g/mol. The van der Waals surface area contributed by atoms with Crippen molar-refractivity contribution in [3.63, 3.8) is 0 Å². The van der Waals surface area contributed by atoms with Crippen LogP contribution in [0.4, 0.5) is 10.1 Å². The van der Waals surface area contributed by atoms with Gasteiger partial charge in [-0.3, -0.25) is 0 Å². The van der Waals surface area contributed by atoms with Crippen LogP contribution in [0.3, 0.4) is 0 Å². The molecule has 1 spiro atoms. The van der Waals surface area contributed by atoms with E-state index >= 15 is 0 Å². The summed E-state index contributed by atoms with van der Waals surface area (Å²) in [5, 5.41) is 3.51. The first-order chi connectivity index (χ1) is 12.2. The van der Waals surface area contributed by atoms with E-state index in [0.29, 0.717) is 0 Å². The Morgan fingerprint density at radius 3 is 2.32 bits per heavy atom. The molecule has 4 bridgehead atoms. The lowest BCUT2D eigenvalue weighted by atomic mass is 9.54. The van der Waals surface area contributed by atoms with Crippen molar-refractivity contribution in [2.24, 2.45) is 23.7 Å². The summed E-state index contributed by atoms with van der Waals surface area (Å²) in [6, 6.07) is 6.40. The van der Waals surface area contributed by atoms with E-state index in [1.807, 2.05) is 6.07 Å². The Kier molecular flexibility index (Phi) is 3.13. The number of fused-ring (bicyclic) bond motifs is 2. The van der Waals surface area contributed by atoms with Crippen LogP contribution in [0.2, 0.25) is 0 Å². The highest BCUT2D eigenvalue weighted by Crippen LogP contribution is 2.58. The summed E-state index contributed by atoms with van der Waals surface area (Å²) in [6.45, 7) is 3.29. The fourth-order valence-corrected chi connectivity index (χ4v) is 7.68. The van der Waals surface area contributed by atoms with E-state index in [9.17, 15) is 4.39 Å². The van der Waals surface area contributed by atoms with Gasteiger partial charge in [0.15, 0.2) is 0 Å². The quantitative estimate of drug-likeness (QED) is 0.828. The zero-order chi connectivity index (χ0) is 16.6. The van der Waals surface area contributed by atoms with Gasteiger partial charge < -0.3 is 10.2 Å². The SMILES string of the molecule is Fc1ccc2c(c1)C1(CCNCC1)CN2C1C2CC3CC(C2)CC1C3. The predicted molar refractivity (Wildman–Crippen MR) is 98.4 cm³/mol. The molecule has 1 aromatic rings. The molecule has 2 aliphatic heterocycles. The molecule has 1 aromatic carbocycles. The largest absolute Gasteiger partial charge is 0.367 e. The monoisotopic (exact) mass is 340 g/mol. The fraction of sp³-hybridized carbons (Fsp3) is 0.727. The molecule has 1 saturated heterocycles. The summed E-state index contributed by atoms with van der Waals surface area (Å²) < 4.78 is 14.1.